The Morgan fingerprint density at radius 2 is 2.00 bits per heavy atom. The fraction of sp³-hybridized carbons (Fsp3) is 0.389. The minimum absolute atomic E-state index is 0.107. The number of nitrogens with zero attached hydrogens (tertiary/aromatic N) is 3. The summed E-state index contributed by atoms with van der Waals surface area (Å²) in [6, 6.07) is 8.16. The number of fused-ring (bicyclic) bond motifs is 1. The number of rotatable bonds is 2. The monoisotopic (exact) mass is 324 g/mol. The second-order valence-corrected chi connectivity index (χ2v) is 6.45. The summed E-state index contributed by atoms with van der Waals surface area (Å²) in [7, 11) is 0. The first-order chi connectivity index (χ1) is 11.6. The molecule has 2 aromatic rings. The molecule has 1 aliphatic heterocycles. The van der Waals surface area contributed by atoms with E-state index in [0.717, 1.165) is 36.2 Å². The van der Waals surface area contributed by atoms with Crippen LogP contribution in [-0.4, -0.2) is 46.1 Å². The average Bonchev–Trinajstić information content (AvgIpc) is 3.17. The molecule has 124 valence electrons. The summed E-state index contributed by atoms with van der Waals surface area (Å²) in [5, 5.41) is 7.37. The largest absolute Gasteiger partial charge is 0.353 e. The molecule has 4 rings (SSSR count). The Morgan fingerprint density at radius 1 is 1.21 bits per heavy atom. The lowest BCUT2D eigenvalue weighted by molar-refractivity contribution is -0.123. The van der Waals surface area contributed by atoms with Crippen LogP contribution in [0.25, 0.3) is 5.69 Å². The molecule has 0 unspecified atom stereocenters. The number of amides is 2. The molecule has 0 bridgehead atoms. The van der Waals surface area contributed by atoms with Gasteiger partial charge in [-0.05, 0) is 38.3 Å². The molecule has 1 aromatic carbocycles. The number of hydrogen-bond donors (Lipinski definition) is 1. The molecule has 1 fully saturated rings. The molecular weight excluding hydrogens is 304 g/mol. The van der Waals surface area contributed by atoms with Crippen LogP contribution < -0.4 is 5.32 Å². The zero-order chi connectivity index (χ0) is 16.7. The molecule has 2 amide bonds. The quantitative estimate of drug-likeness (QED) is 0.904. The maximum atomic E-state index is 12.9. The topological polar surface area (TPSA) is 67.2 Å². The van der Waals surface area contributed by atoms with Gasteiger partial charge in [-0.15, -0.1) is 0 Å². The van der Waals surface area contributed by atoms with Crippen molar-refractivity contribution >= 4 is 11.8 Å². The van der Waals surface area contributed by atoms with Gasteiger partial charge in [0.25, 0.3) is 5.91 Å². The van der Waals surface area contributed by atoms with Gasteiger partial charge >= 0.3 is 0 Å². The van der Waals surface area contributed by atoms with Crippen LogP contribution in [0, 0.1) is 6.92 Å². The Labute approximate surface area is 140 Å². The third kappa shape index (κ3) is 2.48. The van der Waals surface area contributed by atoms with Crippen LogP contribution in [0.3, 0.4) is 0 Å². The van der Waals surface area contributed by atoms with E-state index in [1.165, 1.54) is 5.56 Å². The lowest BCUT2D eigenvalue weighted by Gasteiger charge is -2.26. The number of aromatic nitrogens is 2. The van der Waals surface area contributed by atoms with Crippen molar-refractivity contribution in [3.63, 3.8) is 0 Å². The van der Waals surface area contributed by atoms with E-state index in [-0.39, 0.29) is 18.4 Å². The molecule has 2 aliphatic rings. The molecule has 1 aliphatic carbocycles. The zero-order valence-corrected chi connectivity index (χ0v) is 13.7. The third-order valence-corrected chi connectivity index (χ3v) is 4.74. The highest BCUT2D eigenvalue weighted by Gasteiger charge is 2.31. The van der Waals surface area contributed by atoms with Crippen LogP contribution in [0.4, 0.5) is 0 Å². The van der Waals surface area contributed by atoms with Crippen LogP contribution in [0.2, 0.25) is 0 Å². The van der Waals surface area contributed by atoms with E-state index in [9.17, 15) is 9.59 Å². The van der Waals surface area contributed by atoms with Gasteiger partial charge in [-0.1, -0.05) is 17.7 Å². The van der Waals surface area contributed by atoms with E-state index in [1.54, 1.807) is 4.90 Å². The summed E-state index contributed by atoms with van der Waals surface area (Å²) in [6.45, 7) is 3.21. The van der Waals surface area contributed by atoms with E-state index in [4.69, 9.17) is 0 Å². The Kier molecular flexibility index (Phi) is 3.59. The predicted octanol–water partition coefficient (Wildman–Crippen LogP) is 1.24. The molecular formula is C18H20N4O2. The highest BCUT2D eigenvalue weighted by molar-refractivity contribution is 5.97. The zero-order valence-electron chi connectivity index (χ0n) is 13.7. The standard InChI is InChI=1S/C18H20N4O2/c1-12-5-7-13(8-6-12)22-15-4-2-3-14(15)17(20-22)18(24)21-10-9-19-16(23)11-21/h5-8H,2-4,9-11H2,1H3,(H,19,23). The summed E-state index contributed by atoms with van der Waals surface area (Å²) in [5.41, 5.74) is 4.86. The van der Waals surface area contributed by atoms with Crippen LogP contribution in [-0.2, 0) is 17.6 Å². The van der Waals surface area contributed by atoms with Crippen molar-refractivity contribution in [2.24, 2.45) is 0 Å². The average molecular weight is 324 g/mol. The van der Waals surface area contributed by atoms with Crippen molar-refractivity contribution in [3.05, 3.63) is 46.8 Å². The van der Waals surface area contributed by atoms with E-state index in [2.05, 4.69) is 22.5 Å². The Bertz CT molecular complexity index is 807. The van der Waals surface area contributed by atoms with Gasteiger partial charge in [-0.2, -0.15) is 5.10 Å². The summed E-state index contributed by atoms with van der Waals surface area (Å²) in [6.07, 6.45) is 2.85. The van der Waals surface area contributed by atoms with Crippen LogP contribution in [0.1, 0.15) is 33.7 Å². The van der Waals surface area contributed by atoms with E-state index >= 15 is 0 Å². The van der Waals surface area contributed by atoms with Gasteiger partial charge in [0.1, 0.15) is 0 Å². The van der Waals surface area contributed by atoms with Crippen LogP contribution >= 0.6 is 0 Å². The molecule has 24 heavy (non-hydrogen) atoms. The number of aryl methyl sites for hydroxylation is 1. The summed E-state index contributed by atoms with van der Waals surface area (Å²) >= 11 is 0. The van der Waals surface area contributed by atoms with Gasteiger partial charge in [0.15, 0.2) is 5.69 Å². The molecule has 0 radical (unpaired) electrons. The molecule has 0 spiro atoms. The summed E-state index contributed by atoms with van der Waals surface area (Å²) in [4.78, 5) is 26.0. The van der Waals surface area contributed by atoms with Gasteiger partial charge in [-0.3, -0.25) is 9.59 Å². The van der Waals surface area contributed by atoms with Crippen molar-refractivity contribution in [1.29, 1.82) is 0 Å². The Balaban J connectivity index is 1.72. The number of carbonyl (C=O) groups excluding carboxylic acids is 2. The van der Waals surface area contributed by atoms with Crippen molar-refractivity contribution < 1.29 is 9.59 Å². The number of benzene rings is 1. The summed E-state index contributed by atoms with van der Waals surface area (Å²) in [5.74, 6) is -0.238. The first kappa shape index (κ1) is 14.9. The fourth-order valence-electron chi connectivity index (χ4n) is 3.47. The minimum atomic E-state index is -0.131. The predicted molar refractivity (Wildman–Crippen MR) is 89.2 cm³/mol. The number of piperazine rings is 1. The molecule has 2 heterocycles. The van der Waals surface area contributed by atoms with Crippen molar-refractivity contribution in [2.75, 3.05) is 19.6 Å². The van der Waals surface area contributed by atoms with Crippen molar-refractivity contribution in [2.45, 2.75) is 26.2 Å². The van der Waals surface area contributed by atoms with Crippen LogP contribution in [0.5, 0.6) is 0 Å². The fourth-order valence-corrected chi connectivity index (χ4v) is 3.47. The SMILES string of the molecule is Cc1ccc(-n2nc(C(=O)N3CCNC(=O)C3)c3c2CCC3)cc1. The van der Waals surface area contributed by atoms with Gasteiger partial charge in [-0.25, -0.2) is 4.68 Å². The molecule has 6 nitrogen and oxygen atoms in total. The molecule has 1 saturated heterocycles. The summed E-state index contributed by atoms with van der Waals surface area (Å²) < 4.78 is 1.90. The maximum absolute atomic E-state index is 12.9. The molecule has 0 atom stereocenters. The van der Waals surface area contributed by atoms with Gasteiger partial charge in [0, 0.05) is 24.3 Å². The molecule has 6 heteroatoms. The van der Waals surface area contributed by atoms with Gasteiger partial charge in [0.2, 0.25) is 5.91 Å². The lowest BCUT2D eigenvalue weighted by Crippen LogP contribution is -2.50. The highest BCUT2D eigenvalue weighted by Crippen LogP contribution is 2.28. The highest BCUT2D eigenvalue weighted by atomic mass is 16.2. The Morgan fingerprint density at radius 3 is 2.75 bits per heavy atom. The number of carbonyl (C=O) groups is 2. The Hall–Kier alpha value is -2.63. The van der Waals surface area contributed by atoms with Gasteiger partial charge < -0.3 is 10.2 Å². The molecule has 1 N–H and O–H groups in total. The first-order valence-electron chi connectivity index (χ1n) is 8.37. The van der Waals surface area contributed by atoms with Crippen LogP contribution in [0.15, 0.2) is 24.3 Å². The van der Waals surface area contributed by atoms with E-state index < -0.39 is 0 Å². The lowest BCUT2D eigenvalue weighted by atomic mass is 10.1. The molecule has 0 saturated carbocycles. The number of hydrogen-bond acceptors (Lipinski definition) is 3. The van der Waals surface area contributed by atoms with E-state index in [0.29, 0.717) is 18.8 Å². The number of nitrogens with one attached hydrogen (secondary N) is 1. The van der Waals surface area contributed by atoms with Gasteiger partial charge in [0.05, 0.1) is 12.2 Å². The molecule has 1 aromatic heterocycles. The van der Waals surface area contributed by atoms with Crippen molar-refractivity contribution in [3.8, 4) is 5.69 Å². The minimum Gasteiger partial charge on any atom is -0.353 e. The van der Waals surface area contributed by atoms with E-state index in [1.807, 2.05) is 23.7 Å². The maximum Gasteiger partial charge on any atom is 0.275 e. The normalized spacial score (nSPS) is 16.9. The first-order valence-corrected chi connectivity index (χ1v) is 8.37. The second kappa shape index (κ2) is 5.78. The smallest absolute Gasteiger partial charge is 0.275 e. The third-order valence-electron chi connectivity index (χ3n) is 4.74. The van der Waals surface area contributed by atoms with Crippen molar-refractivity contribution in [1.82, 2.24) is 20.0 Å². The second-order valence-electron chi connectivity index (χ2n) is 6.45.